The van der Waals surface area contributed by atoms with E-state index in [0.717, 1.165) is 12.5 Å². The third-order valence-electron chi connectivity index (χ3n) is 3.55. The number of benzene rings is 1. The summed E-state index contributed by atoms with van der Waals surface area (Å²) in [6.07, 6.45) is 0.827. The van der Waals surface area contributed by atoms with Crippen LogP contribution in [0.4, 0.5) is 0 Å². The molecular weight excluding hydrogens is 318 g/mol. The molecule has 1 fully saturated rings. The maximum atomic E-state index is 12.2. The van der Waals surface area contributed by atoms with Gasteiger partial charge in [-0.3, -0.25) is 0 Å². The molecule has 0 amide bonds. The SMILES string of the molecule is CC1OCCC1CNS(=O)(=O)c1ccc(C(=O)O)c(Cl)c1. The third kappa shape index (κ3) is 3.74. The summed E-state index contributed by atoms with van der Waals surface area (Å²) in [4.78, 5) is 10.8. The van der Waals surface area contributed by atoms with Gasteiger partial charge in [0.25, 0.3) is 0 Å². The summed E-state index contributed by atoms with van der Waals surface area (Å²) in [5.74, 6) is -1.07. The topological polar surface area (TPSA) is 92.7 Å². The Morgan fingerprint density at radius 1 is 1.52 bits per heavy atom. The molecule has 2 unspecified atom stereocenters. The molecule has 1 aromatic carbocycles. The van der Waals surface area contributed by atoms with Gasteiger partial charge in [0.15, 0.2) is 0 Å². The lowest BCUT2D eigenvalue weighted by Crippen LogP contribution is -2.32. The zero-order valence-corrected chi connectivity index (χ0v) is 12.9. The summed E-state index contributed by atoms with van der Waals surface area (Å²) in [6.45, 7) is 2.82. The number of hydrogen-bond acceptors (Lipinski definition) is 4. The molecule has 0 spiro atoms. The molecule has 1 aliphatic heterocycles. The monoisotopic (exact) mass is 333 g/mol. The van der Waals surface area contributed by atoms with Gasteiger partial charge < -0.3 is 9.84 Å². The lowest BCUT2D eigenvalue weighted by molar-refractivity contribution is 0.0697. The number of sulfonamides is 1. The van der Waals surface area contributed by atoms with Crippen molar-refractivity contribution in [1.29, 1.82) is 0 Å². The Morgan fingerprint density at radius 3 is 2.76 bits per heavy atom. The molecule has 0 bridgehead atoms. The largest absolute Gasteiger partial charge is 0.478 e. The molecule has 116 valence electrons. The fraction of sp³-hybridized carbons (Fsp3) is 0.462. The highest BCUT2D eigenvalue weighted by atomic mass is 35.5. The second kappa shape index (κ2) is 6.31. The quantitative estimate of drug-likeness (QED) is 0.856. The van der Waals surface area contributed by atoms with E-state index in [1.165, 1.54) is 12.1 Å². The van der Waals surface area contributed by atoms with Crippen LogP contribution in [-0.4, -0.2) is 38.7 Å². The van der Waals surface area contributed by atoms with E-state index in [0.29, 0.717) is 6.61 Å². The molecule has 1 saturated heterocycles. The molecule has 0 aliphatic carbocycles. The minimum absolute atomic E-state index is 0.0191. The molecule has 0 saturated carbocycles. The van der Waals surface area contributed by atoms with Crippen molar-refractivity contribution in [2.45, 2.75) is 24.3 Å². The van der Waals surface area contributed by atoms with Gasteiger partial charge in [-0.2, -0.15) is 0 Å². The van der Waals surface area contributed by atoms with Gasteiger partial charge in [0.1, 0.15) is 0 Å². The first-order valence-corrected chi connectivity index (χ1v) is 8.31. The summed E-state index contributed by atoms with van der Waals surface area (Å²) in [5.41, 5.74) is -0.131. The van der Waals surface area contributed by atoms with Crippen LogP contribution >= 0.6 is 11.6 Å². The molecule has 1 heterocycles. The van der Waals surface area contributed by atoms with Gasteiger partial charge in [-0.15, -0.1) is 0 Å². The Morgan fingerprint density at radius 2 is 2.24 bits per heavy atom. The maximum Gasteiger partial charge on any atom is 0.337 e. The lowest BCUT2D eigenvalue weighted by atomic mass is 10.0. The van der Waals surface area contributed by atoms with Crippen LogP contribution < -0.4 is 4.72 Å². The van der Waals surface area contributed by atoms with Crippen molar-refractivity contribution in [2.75, 3.05) is 13.2 Å². The first-order chi connectivity index (χ1) is 9.81. The van der Waals surface area contributed by atoms with Gasteiger partial charge in [0.2, 0.25) is 10.0 Å². The van der Waals surface area contributed by atoms with E-state index in [1.807, 2.05) is 6.92 Å². The predicted molar refractivity (Wildman–Crippen MR) is 77.1 cm³/mol. The van der Waals surface area contributed by atoms with E-state index < -0.39 is 16.0 Å². The number of carbonyl (C=O) groups is 1. The van der Waals surface area contributed by atoms with Crippen LogP contribution in [0.5, 0.6) is 0 Å². The third-order valence-corrected chi connectivity index (χ3v) is 5.28. The van der Waals surface area contributed by atoms with Crippen molar-refractivity contribution in [1.82, 2.24) is 4.72 Å². The van der Waals surface area contributed by atoms with Gasteiger partial charge in [-0.25, -0.2) is 17.9 Å². The number of carboxylic acid groups (broad SMARTS) is 1. The summed E-state index contributed by atoms with van der Waals surface area (Å²) >= 11 is 5.79. The van der Waals surface area contributed by atoms with Gasteiger partial charge in [0.05, 0.1) is 21.6 Å². The molecule has 21 heavy (non-hydrogen) atoms. The molecule has 6 nitrogen and oxygen atoms in total. The highest BCUT2D eigenvalue weighted by molar-refractivity contribution is 7.89. The van der Waals surface area contributed by atoms with E-state index in [4.69, 9.17) is 21.4 Å². The van der Waals surface area contributed by atoms with Gasteiger partial charge >= 0.3 is 5.97 Å². The average Bonchev–Trinajstić information content (AvgIpc) is 2.81. The summed E-state index contributed by atoms with van der Waals surface area (Å²) in [7, 11) is -3.72. The first kappa shape index (κ1) is 16.2. The number of ether oxygens (including phenoxy) is 1. The second-order valence-electron chi connectivity index (χ2n) is 4.92. The summed E-state index contributed by atoms with van der Waals surface area (Å²) in [5, 5.41) is 8.76. The number of carboxylic acids is 1. The van der Waals surface area contributed by atoms with Gasteiger partial charge in [-0.1, -0.05) is 11.6 Å². The standard InChI is InChI=1S/C13H16ClNO5S/c1-8-9(4-5-20-8)7-15-21(18,19)10-2-3-11(13(16)17)12(14)6-10/h2-3,6,8-9,15H,4-5,7H2,1H3,(H,16,17). The van der Waals surface area contributed by atoms with Crippen LogP contribution in [0.3, 0.4) is 0 Å². The zero-order chi connectivity index (χ0) is 15.6. The van der Waals surface area contributed by atoms with Crippen molar-refractivity contribution in [3.8, 4) is 0 Å². The molecule has 1 aromatic rings. The Bertz CT molecular complexity index is 646. The number of aromatic carboxylic acids is 1. The van der Waals surface area contributed by atoms with Crippen molar-refractivity contribution in [3.63, 3.8) is 0 Å². The Labute approximate surface area is 128 Å². The second-order valence-corrected chi connectivity index (χ2v) is 7.10. The zero-order valence-electron chi connectivity index (χ0n) is 11.4. The normalized spacial score (nSPS) is 22.4. The number of hydrogen-bond donors (Lipinski definition) is 2. The summed E-state index contributed by atoms with van der Waals surface area (Å²) in [6, 6.07) is 3.55. The molecule has 1 aliphatic rings. The van der Waals surface area contributed by atoms with Crippen LogP contribution in [0, 0.1) is 5.92 Å². The minimum atomic E-state index is -3.72. The Hall–Kier alpha value is -1.15. The van der Waals surface area contributed by atoms with E-state index >= 15 is 0 Å². The van der Waals surface area contributed by atoms with Crippen LogP contribution in [0.1, 0.15) is 23.7 Å². The van der Waals surface area contributed by atoms with E-state index in [9.17, 15) is 13.2 Å². The Balaban J connectivity index is 2.12. The highest BCUT2D eigenvalue weighted by Crippen LogP contribution is 2.23. The Kier molecular flexibility index (Phi) is 4.88. The lowest BCUT2D eigenvalue weighted by Gasteiger charge is -2.15. The van der Waals surface area contributed by atoms with Crippen LogP contribution in [0.15, 0.2) is 23.1 Å². The van der Waals surface area contributed by atoms with Gasteiger partial charge in [-0.05, 0) is 31.5 Å². The molecule has 0 radical (unpaired) electrons. The molecular formula is C13H16ClNO5S. The number of rotatable bonds is 5. The number of halogens is 1. The smallest absolute Gasteiger partial charge is 0.337 e. The summed E-state index contributed by atoms with van der Waals surface area (Å²) < 4.78 is 32.2. The maximum absolute atomic E-state index is 12.2. The molecule has 8 heteroatoms. The first-order valence-electron chi connectivity index (χ1n) is 6.45. The molecule has 2 N–H and O–H groups in total. The van der Waals surface area contributed by atoms with E-state index in [-0.39, 0.29) is 34.0 Å². The highest BCUT2D eigenvalue weighted by Gasteiger charge is 2.26. The van der Waals surface area contributed by atoms with Crippen molar-refractivity contribution in [3.05, 3.63) is 28.8 Å². The fourth-order valence-electron chi connectivity index (χ4n) is 2.18. The van der Waals surface area contributed by atoms with Crippen LogP contribution in [0.2, 0.25) is 5.02 Å². The minimum Gasteiger partial charge on any atom is -0.478 e. The average molecular weight is 334 g/mol. The number of nitrogens with one attached hydrogen (secondary N) is 1. The van der Waals surface area contributed by atoms with Crippen molar-refractivity contribution >= 4 is 27.6 Å². The van der Waals surface area contributed by atoms with Crippen molar-refractivity contribution < 1.29 is 23.1 Å². The predicted octanol–water partition coefficient (Wildman–Crippen LogP) is 1.74. The fourth-order valence-corrected chi connectivity index (χ4v) is 3.63. The molecule has 0 aromatic heterocycles. The van der Waals surface area contributed by atoms with Crippen LogP contribution in [0.25, 0.3) is 0 Å². The molecule has 2 rings (SSSR count). The van der Waals surface area contributed by atoms with Crippen molar-refractivity contribution in [2.24, 2.45) is 5.92 Å². The van der Waals surface area contributed by atoms with Crippen LogP contribution in [-0.2, 0) is 14.8 Å². The molecule has 2 atom stereocenters. The van der Waals surface area contributed by atoms with Gasteiger partial charge in [0, 0.05) is 19.1 Å². The van der Waals surface area contributed by atoms with E-state index in [1.54, 1.807) is 0 Å². The van der Waals surface area contributed by atoms with E-state index in [2.05, 4.69) is 4.72 Å².